The zero-order valence-electron chi connectivity index (χ0n) is 18.2. The molecule has 2 aromatic heterocycles. The van der Waals surface area contributed by atoms with Gasteiger partial charge < -0.3 is 10.2 Å². The topological polar surface area (TPSA) is 97.9 Å². The lowest BCUT2D eigenvalue weighted by Gasteiger charge is -2.31. The van der Waals surface area contributed by atoms with Gasteiger partial charge in [0.15, 0.2) is 5.69 Å². The highest BCUT2D eigenvalue weighted by atomic mass is 19.1. The number of hydrogen-bond donors (Lipinski definition) is 1. The van der Waals surface area contributed by atoms with E-state index in [4.69, 9.17) is 0 Å². The van der Waals surface area contributed by atoms with Crippen LogP contribution in [0.3, 0.4) is 0 Å². The van der Waals surface area contributed by atoms with Crippen molar-refractivity contribution >= 4 is 11.8 Å². The first-order chi connectivity index (χ1) is 15.4. The van der Waals surface area contributed by atoms with E-state index in [1.54, 1.807) is 45.8 Å². The number of aryl methyl sites for hydroxylation is 1. The van der Waals surface area contributed by atoms with Crippen LogP contribution >= 0.6 is 0 Å². The van der Waals surface area contributed by atoms with E-state index in [0.29, 0.717) is 49.0 Å². The van der Waals surface area contributed by atoms with Crippen molar-refractivity contribution in [3.8, 4) is 0 Å². The summed E-state index contributed by atoms with van der Waals surface area (Å²) >= 11 is 0. The van der Waals surface area contributed by atoms with Gasteiger partial charge in [-0.25, -0.2) is 9.07 Å². The summed E-state index contributed by atoms with van der Waals surface area (Å²) in [7, 11) is 1.77. The van der Waals surface area contributed by atoms with Crippen LogP contribution in [0, 0.1) is 18.7 Å². The highest BCUT2D eigenvalue weighted by molar-refractivity contribution is 5.94. The number of rotatable bonds is 6. The Labute approximate surface area is 185 Å². The van der Waals surface area contributed by atoms with Crippen LogP contribution in [0.2, 0.25) is 0 Å². The molecule has 3 heterocycles. The van der Waals surface area contributed by atoms with Crippen molar-refractivity contribution in [3.05, 3.63) is 65.0 Å². The van der Waals surface area contributed by atoms with Gasteiger partial charge >= 0.3 is 0 Å². The number of hydrogen-bond acceptors (Lipinski definition) is 5. The quantitative estimate of drug-likeness (QED) is 0.632. The molecule has 1 fully saturated rings. The first-order valence-electron chi connectivity index (χ1n) is 10.6. The Hall–Kier alpha value is -3.56. The molecule has 1 N–H and O–H groups in total. The molecule has 10 heteroatoms. The number of piperidine rings is 1. The monoisotopic (exact) mass is 439 g/mol. The number of amides is 2. The maximum Gasteiger partial charge on any atom is 0.276 e. The molecule has 3 aromatic rings. The maximum absolute atomic E-state index is 13.1. The minimum absolute atomic E-state index is 0.134. The van der Waals surface area contributed by atoms with E-state index in [0.717, 1.165) is 18.4 Å². The van der Waals surface area contributed by atoms with Crippen LogP contribution in [0.1, 0.15) is 44.9 Å². The molecule has 1 aliphatic heterocycles. The molecule has 1 aliphatic rings. The summed E-state index contributed by atoms with van der Waals surface area (Å²) < 4.78 is 16.4. The van der Waals surface area contributed by atoms with Gasteiger partial charge in [-0.2, -0.15) is 5.10 Å². The number of benzene rings is 1. The van der Waals surface area contributed by atoms with Crippen molar-refractivity contribution in [2.24, 2.45) is 13.0 Å². The van der Waals surface area contributed by atoms with E-state index in [2.05, 4.69) is 20.7 Å². The Morgan fingerprint density at radius 3 is 2.56 bits per heavy atom. The molecular formula is C22H26FN7O2. The average molecular weight is 439 g/mol. The molecule has 9 nitrogen and oxygen atoms in total. The van der Waals surface area contributed by atoms with Gasteiger partial charge in [0.1, 0.15) is 5.82 Å². The second-order valence-electron chi connectivity index (χ2n) is 8.16. The fraction of sp³-hybridized carbons (Fsp3) is 0.409. The summed E-state index contributed by atoms with van der Waals surface area (Å²) in [6, 6.07) is 6.18. The van der Waals surface area contributed by atoms with E-state index in [1.165, 1.54) is 12.1 Å². The number of halogens is 1. The van der Waals surface area contributed by atoms with E-state index in [-0.39, 0.29) is 17.6 Å². The molecule has 0 bridgehead atoms. The van der Waals surface area contributed by atoms with Gasteiger partial charge in [0.2, 0.25) is 0 Å². The summed E-state index contributed by atoms with van der Waals surface area (Å²) in [5.74, 6) is -0.245. The van der Waals surface area contributed by atoms with Crippen LogP contribution in [0.4, 0.5) is 4.39 Å². The van der Waals surface area contributed by atoms with Crippen LogP contribution in [0.15, 0.2) is 36.7 Å². The molecule has 0 unspecified atom stereocenters. The van der Waals surface area contributed by atoms with Gasteiger partial charge in [-0.1, -0.05) is 17.3 Å². The number of carbonyl (C=O) groups excluding carboxylic acids is 2. The third-order valence-electron chi connectivity index (χ3n) is 5.85. The number of aromatic nitrogens is 5. The van der Waals surface area contributed by atoms with Gasteiger partial charge in [-0.15, -0.1) is 5.10 Å². The Balaban J connectivity index is 1.29. The number of nitrogens with zero attached hydrogens (tertiary/aromatic N) is 6. The standard InChI is InChI=1S/C22H26FN7O2/c1-15-20(26-27-30(15)13-17-3-5-19(23)6-4-17)22(32)29-9-7-16(8-10-29)11-24-21(31)18-12-25-28(2)14-18/h3-6,12,14,16H,7-11,13H2,1-2H3,(H,24,31). The zero-order chi connectivity index (χ0) is 22.7. The van der Waals surface area contributed by atoms with Gasteiger partial charge in [-0.05, 0) is 43.4 Å². The predicted octanol–water partition coefficient (Wildman–Crippen LogP) is 1.79. The second kappa shape index (κ2) is 9.29. The maximum atomic E-state index is 13.1. The van der Waals surface area contributed by atoms with Crippen molar-refractivity contribution in [1.29, 1.82) is 0 Å². The third-order valence-corrected chi connectivity index (χ3v) is 5.85. The molecular weight excluding hydrogens is 413 g/mol. The van der Waals surface area contributed by atoms with Crippen LogP contribution in [-0.4, -0.2) is 61.1 Å². The van der Waals surface area contributed by atoms with Crippen LogP contribution in [0.25, 0.3) is 0 Å². The summed E-state index contributed by atoms with van der Waals surface area (Å²) in [5.41, 5.74) is 2.45. The highest BCUT2D eigenvalue weighted by Crippen LogP contribution is 2.19. The molecule has 1 saturated heterocycles. The van der Waals surface area contributed by atoms with Gasteiger partial charge in [0.05, 0.1) is 24.0 Å². The van der Waals surface area contributed by atoms with Gasteiger partial charge in [-0.3, -0.25) is 14.3 Å². The lowest BCUT2D eigenvalue weighted by atomic mass is 9.96. The molecule has 4 rings (SSSR count). The summed E-state index contributed by atoms with van der Waals surface area (Å²) in [6.07, 6.45) is 4.84. The Morgan fingerprint density at radius 2 is 1.91 bits per heavy atom. The van der Waals surface area contributed by atoms with Gasteiger partial charge in [0.25, 0.3) is 11.8 Å². The number of likely N-dealkylation sites (tertiary alicyclic amines) is 1. The molecule has 1 aromatic carbocycles. The minimum atomic E-state index is -0.292. The van der Waals surface area contributed by atoms with Crippen molar-refractivity contribution in [2.45, 2.75) is 26.3 Å². The number of carbonyl (C=O) groups is 2. The molecule has 0 atom stereocenters. The molecule has 0 saturated carbocycles. The van der Waals surface area contributed by atoms with Crippen LogP contribution < -0.4 is 5.32 Å². The molecule has 168 valence electrons. The fourth-order valence-corrected chi connectivity index (χ4v) is 3.84. The fourth-order valence-electron chi connectivity index (χ4n) is 3.84. The van der Waals surface area contributed by atoms with Crippen molar-refractivity contribution < 1.29 is 14.0 Å². The molecule has 0 aliphatic carbocycles. The Kier molecular flexibility index (Phi) is 6.29. The second-order valence-corrected chi connectivity index (χ2v) is 8.16. The number of nitrogens with one attached hydrogen (secondary N) is 1. The smallest absolute Gasteiger partial charge is 0.276 e. The first-order valence-corrected chi connectivity index (χ1v) is 10.6. The Bertz CT molecular complexity index is 1100. The molecule has 0 spiro atoms. The summed E-state index contributed by atoms with van der Waals surface area (Å²) in [6.45, 7) is 4.03. The van der Waals surface area contributed by atoms with E-state index in [1.807, 2.05) is 6.92 Å². The molecule has 32 heavy (non-hydrogen) atoms. The van der Waals surface area contributed by atoms with Crippen molar-refractivity contribution in [3.63, 3.8) is 0 Å². The van der Waals surface area contributed by atoms with Crippen LogP contribution in [-0.2, 0) is 13.6 Å². The largest absolute Gasteiger partial charge is 0.352 e. The predicted molar refractivity (Wildman–Crippen MR) is 114 cm³/mol. The Morgan fingerprint density at radius 1 is 1.19 bits per heavy atom. The molecule has 2 amide bonds. The summed E-state index contributed by atoms with van der Waals surface area (Å²) in [5, 5.41) is 15.2. The lowest BCUT2D eigenvalue weighted by Crippen LogP contribution is -2.41. The highest BCUT2D eigenvalue weighted by Gasteiger charge is 2.27. The zero-order valence-corrected chi connectivity index (χ0v) is 18.2. The van der Waals surface area contributed by atoms with E-state index >= 15 is 0 Å². The lowest BCUT2D eigenvalue weighted by molar-refractivity contribution is 0.0677. The average Bonchev–Trinajstić information content (AvgIpc) is 3.39. The van der Waals surface area contributed by atoms with Crippen molar-refractivity contribution in [1.82, 2.24) is 35.0 Å². The summed E-state index contributed by atoms with van der Waals surface area (Å²) in [4.78, 5) is 26.9. The normalized spacial score (nSPS) is 14.5. The first kappa shape index (κ1) is 21.7. The third kappa shape index (κ3) is 4.84. The van der Waals surface area contributed by atoms with E-state index in [9.17, 15) is 14.0 Å². The minimum Gasteiger partial charge on any atom is -0.352 e. The van der Waals surface area contributed by atoms with E-state index < -0.39 is 0 Å². The van der Waals surface area contributed by atoms with Crippen LogP contribution in [0.5, 0.6) is 0 Å². The molecule has 0 radical (unpaired) electrons. The van der Waals surface area contributed by atoms with Gasteiger partial charge in [0, 0.05) is 32.9 Å². The van der Waals surface area contributed by atoms with Crippen molar-refractivity contribution in [2.75, 3.05) is 19.6 Å². The SMILES string of the molecule is Cc1c(C(=O)N2CCC(CNC(=O)c3cnn(C)c3)CC2)nnn1Cc1ccc(F)cc1.